The highest BCUT2D eigenvalue weighted by atomic mass is 32.2. The van der Waals surface area contributed by atoms with Gasteiger partial charge in [0.25, 0.3) is 15.9 Å². The van der Waals surface area contributed by atoms with E-state index in [2.05, 4.69) is 15.0 Å². The highest BCUT2D eigenvalue weighted by Gasteiger charge is 2.31. The Hall–Kier alpha value is -3.93. The number of aliphatic imine (C=N–C) groups is 1. The molecule has 0 saturated heterocycles. The van der Waals surface area contributed by atoms with Crippen LogP contribution in [0.15, 0.2) is 46.3 Å². The summed E-state index contributed by atoms with van der Waals surface area (Å²) in [5, 5.41) is 2.51. The average Bonchev–Trinajstić information content (AvgIpc) is 3.33. The molecule has 0 fully saturated rings. The van der Waals surface area contributed by atoms with Crippen molar-refractivity contribution in [2.75, 3.05) is 18.7 Å². The molecule has 2 heterocycles. The van der Waals surface area contributed by atoms with E-state index >= 15 is 0 Å². The molecule has 0 aromatic heterocycles. The van der Waals surface area contributed by atoms with Crippen LogP contribution in [0.3, 0.4) is 0 Å². The molecule has 0 aliphatic carbocycles. The second kappa shape index (κ2) is 8.54. The van der Waals surface area contributed by atoms with Crippen molar-refractivity contribution in [1.29, 1.82) is 0 Å². The van der Waals surface area contributed by atoms with Gasteiger partial charge in [-0.25, -0.2) is 13.2 Å². The van der Waals surface area contributed by atoms with E-state index in [4.69, 9.17) is 14.2 Å². The van der Waals surface area contributed by atoms with Gasteiger partial charge < -0.3 is 19.5 Å². The molecule has 1 atom stereocenters. The van der Waals surface area contributed by atoms with Gasteiger partial charge in [0.05, 0.1) is 10.6 Å². The smallest absolute Gasteiger partial charge is 0.331 e. The van der Waals surface area contributed by atoms with E-state index < -0.39 is 34.5 Å². The number of fused-ring (bicyclic) bond motifs is 2. The molecule has 0 unspecified atom stereocenters. The van der Waals surface area contributed by atoms with Crippen LogP contribution in [0.2, 0.25) is 0 Å². The summed E-state index contributed by atoms with van der Waals surface area (Å²) in [6, 6.07) is 8.06. The number of Topliss-reactive ketones (excluding diaryl/α,β-unsaturated/α-hetero) is 1. The third kappa shape index (κ3) is 4.51. The lowest BCUT2D eigenvalue weighted by atomic mass is 10.1. The lowest BCUT2D eigenvalue weighted by Crippen LogP contribution is -2.29. The molecule has 0 spiro atoms. The van der Waals surface area contributed by atoms with Crippen LogP contribution in [0.4, 0.5) is 5.69 Å². The molecule has 0 saturated carbocycles. The fraction of sp³-hybridized carbons (Fsp3) is 0.238. The zero-order valence-corrected chi connectivity index (χ0v) is 18.4. The zero-order valence-electron chi connectivity index (χ0n) is 17.6. The Bertz CT molecular complexity index is 1300. The van der Waals surface area contributed by atoms with Crippen LogP contribution >= 0.6 is 0 Å². The lowest BCUT2D eigenvalue weighted by molar-refractivity contribution is -0.148. The van der Waals surface area contributed by atoms with Gasteiger partial charge in [0.15, 0.2) is 23.9 Å². The second-order valence-electron chi connectivity index (χ2n) is 7.22. The highest BCUT2D eigenvalue weighted by molar-refractivity contribution is 7.90. The minimum absolute atomic E-state index is 0.00270. The molecule has 4 rings (SSSR count). The molecule has 2 N–H and O–H groups in total. The number of hydrogen-bond donors (Lipinski definition) is 2. The van der Waals surface area contributed by atoms with Gasteiger partial charge >= 0.3 is 5.97 Å². The molecule has 2 aromatic rings. The largest absolute Gasteiger partial charge is 0.454 e. The first-order valence-electron chi connectivity index (χ1n) is 9.77. The van der Waals surface area contributed by atoms with Crippen LogP contribution < -0.4 is 19.5 Å². The molecule has 2 aromatic carbocycles. The van der Waals surface area contributed by atoms with Crippen molar-refractivity contribution in [3.05, 3.63) is 47.5 Å². The van der Waals surface area contributed by atoms with Crippen molar-refractivity contribution in [2.24, 2.45) is 4.99 Å². The topological polar surface area (TPSA) is 149 Å². The molecule has 11 nitrogen and oxygen atoms in total. The Morgan fingerprint density at radius 3 is 2.61 bits per heavy atom. The van der Waals surface area contributed by atoms with E-state index in [1.54, 1.807) is 18.2 Å². The van der Waals surface area contributed by atoms with Gasteiger partial charge in [0.1, 0.15) is 11.9 Å². The monoisotopic (exact) mass is 473 g/mol. The van der Waals surface area contributed by atoms with E-state index in [1.807, 2.05) is 0 Å². The van der Waals surface area contributed by atoms with Crippen molar-refractivity contribution >= 4 is 39.2 Å². The fourth-order valence-electron chi connectivity index (χ4n) is 3.26. The summed E-state index contributed by atoms with van der Waals surface area (Å²) < 4.78 is 42.1. The first-order chi connectivity index (χ1) is 15.7. The van der Waals surface area contributed by atoms with Crippen LogP contribution in [-0.4, -0.2) is 51.4 Å². The van der Waals surface area contributed by atoms with Gasteiger partial charge in [-0.05, 0) is 32.0 Å². The van der Waals surface area contributed by atoms with E-state index in [-0.39, 0.29) is 34.6 Å². The van der Waals surface area contributed by atoms with Crippen molar-refractivity contribution in [2.45, 2.75) is 24.8 Å². The predicted octanol–water partition coefficient (Wildman–Crippen LogP) is 1.23. The number of esters is 1. The van der Waals surface area contributed by atoms with Gasteiger partial charge in [-0.3, -0.25) is 19.3 Å². The maximum Gasteiger partial charge on any atom is 0.331 e. The van der Waals surface area contributed by atoms with Crippen LogP contribution in [0.1, 0.15) is 29.8 Å². The number of ether oxygens (including phenoxy) is 3. The van der Waals surface area contributed by atoms with Gasteiger partial charge in [0.2, 0.25) is 6.79 Å². The van der Waals surface area contributed by atoms with E-state index in [1.165, 1.54) is 32.0 Å². The minimum Gasteiger partial charge on any atom is -0.454 e. The molecule has 1 amide bonds. The molecular weight excluding hydrogens is 454 g/mol. The summed E-state index contributed by atoms with van der Waals surface area (Å²) in [5.41, 5.74) is 0.749. The van der Waals surface area contributed by atoms with Crippen LogP contribution in [0.25, 0.3) is 0 Å². The summed E-state index contributed by atoms with van der Waals surface area (Å²) in [7, 11) is -3.75. The quantitative estimate of drug-likeness (QED) is 0.470. The van der Waals surface area contributed by atoms with Crippen molar-refractivity contribution in [3.8, 4) is 11.5 Å². The fourth-order valence-corrected chi connectivity index (χ4v) is 4.50. The van der Waals surface area contributed by atoms with Gasteiger partial charge in [-0.15, -0.1) is 0 Å². The molecule has 0 radical (unpaired) electrons. The predicted molar refractivity (Wildman–Crippen MR) is 115 cm³/mol. The SMILES string of the molecule is CC(=O)c1cc2c(cc1NC(=O)COC(=O)[C@H](C)N=C1NS(=O)(=O)c3ccccc31)OCO2. The summed E-state index contributed by atoms with van der Waals surface area (Å²) in [4.78, 5) is 40.7. The highest BCUT2D eigenvalue weighted by Crippen LogP contribution is 2.37. The Balaban J connectivity index is 1.40. The number of nitrogens with one attached hydrogen (secondary N) is 2. The van der Waals surface area contributed by atoms with Crippen molar-refractivity contribution in [3.63, 3.8) is 0 Å². The van der Waals surface area contributed by atoms with Crippen LogP contribution in [0, 0.1) is 0 Å². The third-order valence-electron chi connectivity index (χ3n) is 4.84. The maximum atomic E-state index is 12.3. The van der Waals surface area contributed by atoms with Crippen molar-refractivity contribution in [1.82, 2.24) is 4.72 Å². The van der Waals surface area contributed by atoms with Crippen LogP contribution in [0.5, 0.6) is 11.5 Å². The number of sulfonamides is 1. The zero-order chi connectivity index (χ0) is 23.8. The molecule has 0 bridgehead atoms. The Morgan fingerprint density at radius 2 is 1.88 bits per heavy atom. The maximum absolute atomic E-state index is 12.3. The number of benzene rings is 2. The second-order valence-corrected chi connectivity index (χ2v) is 8.87. The summed E-state index contributed by atoms with van der Waals surface area (Å²) in [6.45, 7) is 2.11. The Kier molecular flexibility index (Phi) is 5.77. The van der Waals surface area contributed by atoms with Gasteiger partial charge in [-0.2, -0.15) is 0 Å². The molecule has 33 heavy (non-hydrogen) atoms. The number of carbonyl (C=O) groups excluding carboxylic acids is 3. The van der Waals surface area contributed by atoms with E-state index in [0.29, 0.717) is 17.1 Å². The summed E-state index contributed by atoms with van der Waals surface area (Å²) >= 11 is 0. The molecule has 12 heteroatoms. The number of hydrogen-bond acceptors (Lipinski definition) is 9. The Labute approximate surface area is 188 Å². The number of ketones is 1. The van der Waals surface area contributed by atoms with E-state index in [0.717, 1.165) is 0 Å². The van der Waals surface area contributed by atoms with Gasteiger partial charge in [-0.1, -0.05) is 12.1 Å². The van der Waals surface area contributed by atoms with Crippen LogP contribution in [-0.2, 0) is 24.3 Å². The number of nitrogens with zero attached hydrogens (tertiary/aromatic N) is 1. The van der Waals surface area contributed by atoms with Crippen molar-refractivity contribution < 1.29 is 37.0 Å². The van der Waals surface area contributed by atoms with Gasteiger partial charge in [0, 0.05) is 17.2 Å². The molecule has 172 valence electrons. The third-order valence-corrected chi connectivity index (χ3v) is 6.24. The number of carbonyl (C=O) groups is 3. The molecular formula is C21H19N3O8S. The number of rotatable bonds is 6. The first kappa shape index (κ1) is 22.3. The number of amides is 1. The number of anilines is 1. The normalized spacial score (nSPS) is 17.1. The summed E-state index contributed by atoms with van der Waals surface area (Å²) in [5.74, 6) is -1.04. The summed E-state index contributed by atoms with van der Waals surface area (Å²) in [6.07, 6.45) is 0. The molecule has 2 aliphatic rings. The first-order valence-corrected chi connectivity index (χ1v) is 11.2. The van der Waals surface area contributed by atoms with E-state index in [9.17, 15) is 22.8 Å². The minimum atomic E-state index is -3.75. The Morgan fingerprint density at radius 1 is 1.18 bits per heavy atom. The average molecular weight is 473 g/mol. The number of amidine groups is 1. The standard InChI is InChI=1S/C21H19N3O8S/c1-11(22-20-13-5-3-4-6-18(13)33(28,29)24-20)21(27)30-9-19(26)23-15-8-17-16(31-10-32-17)7-14(15)12(2)25/h3-8,11H,9-10H2,1-2H3,(H,22,24)(H,23,26)/t11-/m0/s1. The molecule has 2 aliphatic heterocycles. The lowest BCUT2D eigenvalue weighted by Gasteiger charge is -2.12.